The highest BCUT2D eigenvalue weighted by atomic mass is 16.5. The first-order valence-corrected chi connectivity index (χ1v) is 9.62. The van der Waals surface area contributed by atoms with Gasteiger partial charge in [-0.1, -0.05) is 0 Å². The van der Waals surface area contributed by atoms with Gasteiger partial charge in [0.1, 0.15) is 0 Å². The first kappa shape index (κ1) is 20.0. The number of amides is 1. The smallest absolute Gasteiger partial charge is 0.328 e. The number of carbonyl (C=O) groups is 1. The van der Waals surface area contributed by atoms with Crippen LogP contribution in [0.3, 0.4) is 0 Å². The zero-order chi connectivity index (χ0) is 21.4. The molecule has 0 radical (unpaired) electrons. The standard InChI is InChI=1S/C20H23N5O5/c1-12-8-25(20(29)22-18(12)27)16-9-24(10-17(16)26)19(28)13-3-4-15-14(7-13)21-11-23(15)5-6-30-2/h3-4,7-8,11,16-17,26H,5-6,9-10H2,1-2H3,(H,22,27,29)/t16-,17-/m1/s1. The van der Waals surface area contributed by atoms with Gasteiger partial charge in [0.2, 0.25) is 0 Å². The number of aryl methyl sites for hydroxylation is 1. The molecular weight excluding hydrogens is 390 g/mol. The van der Waals surface area contributed by atoms with E-state index in [4.69, 9.17) is 4.74 Å². The highest BCUT2D eigenvalue weighted by Gasteiger charge is 2.36. The monoisotopic (exact) mass is 413 g/mol. The number of benzene rings is 1. The van der Waals surface area contributed by atoms with E-state index in [0.717, 1.165) is 5.52 Å². The predicted octanol–water partition coefficient (Wildman–Crippen LogP) is -0.101. The molecule has 0 unspecified atom stereocenters. The van der Waals surface area contributed by atoms with Gasteiger partial charge >= 0.3 is 5.69 Å². The molecule has 10 nitrogen and oxygen atoms in total. The van der Waals surface area contributed by atoms with Crippen LogP contribution in [0, 0.1) is 6.92 Å². The molecule has 10 heteroatoms. The Labute approximate surface area is 171 Å². The van der Waals surface area contributed by atoms with Gasteiger partial charge < -0.3 is 19.3 Å². The van der Waals surface area contributed by atoms with E-state index in [1.165, 1.54) is 15.7 Å². The Balaban J connectivity index is 1.56. The number of imidazole rings is 1. The predicted molar refractivity (Wildman–Crippen MR) is 109 cm³/mol. The van der Waals surface area contributed by atoms with E-state index >= 15 is 0 Å². The van der Waals surface area contributed by atoms with Crippen molar-refractivity contribution in [3.8, 4) is 0 Å². The van der Waals surface area contributed by atoms with E-state index in [1.54, 1.807) is 32.5 Å². The summed E-state index contributed by atoms with van der Waals surface area (Å²) in [7, 11) is 1.64. The number of methoxy groups -OCH3 is 1. The second-order valence-corrected chi connectivity index (χ2v) is 7.46. The van der Waals surface area contributed by atoms with E-state index in [1.807, 2.05) is 10.6 Å². The van der Waals surface area contributed by atoms with Crippen molar-refractivity contribution in [3.63, 3.8) is 0 Å². The summed E-state index contributed by atoms with van der Waals surface area (Å²) in [5, 5.41) is 10.5. The third kappa shape index (κ3) is 3.55. The Morgan fingerprint density at radius 1 is 1.33 bits per heavy atom. The van der Waals surface area contributed by atoms with E-state index < -0.39 is 23.4 Å². The molecule has 0 spiro atoms. The fourth-order valence-electron chi connectivity index (χ4n) is 3.79. The van der Waals surface area contributed by atoms with Gasteiger partial charge in [-0.3, -0.25) is 19.1 Å². The molecule has 158 valence electrons. The van der Waals surface area contributed by atoms with E-state index in [-0.39, 0.29) is 19.0 Å². The third-order valence-corrected chi connectivity index (χ3v) is 5.45. The normalized spacial score (nSPS) is 19.0. The average molecular weight is 413 g/mol. The fourth-order valence-corrected chi connectivity index (χ4v) is 3.79. The Hall–Kier alpha value is -3.24. The van der Waals surface area contributed by atoms with E-state index in [9.17, 15) is 19.5 Å². The molecule has 0 saturated carbocycles. The lowest BCUT2D eigenvalue weighted by atomic mass is 10.1. The van der Waals surface area contributed by atoms with Crippen LogP contribution in [0.5, 0.6) is 0 Å². The quantitative estimate of drug-likeness (QED) is 0.602. The van der Waals surface area contributed by atoms with Crippen LogP contribution in [0.2, 0.25) is 0 Å². The van der Waals surface area contributed by atoms with Gasteiger partial charge in [-0.05, 0) is 25.1 Å². The number of ether oxygens (including phenoxy) is 1. The first-order valence-electron chi connectivity index (χ1n) is 9.62. The molecule has 4 rings (SSSR count). The van der Waals surface area contributed by atoms with Crippen molar-refractivity contribution in [1.82, 2.24) is 24.0 Å². The number of fused-ring (bicyclic) bond motifs is 1. The van der Waals surface area contributed by atoms with Gasteiger partial charge in [-0.25, -0.2) is 9.78 Å². The molecule has 2 atom stereocenters. The molecule has 0 bridgehead atoms. The molecule has 1 aliphatic heterocycles. The van der Waals surface area contributed by atoms with Crippen LogP contribution in [0.15, 0.2) is 40.3 Å². The summed E-state index contributed by atoms with van der Waals surface area (Å²) in [5.41, 5.74) is 1.35. The van der Waals surface area contributed by atoms with Crippen LogP contribution in [0.25, 0.3) is 11.0 Å². The van der Waals surface area contributed by atoms with Crippen LogP contribution in [-0.4, -0.2) is 67.9 Å². The zero-order valence-corrected chi connectivity index (χ0v) is 16.7. The van der Waals surface area contributed by atoms with Crippen molar-refractivity contribution in [2.75, 3.05) is 26.8 Å². The number of rotatable bonds is 5. The van der Waals surface area contributed by atoms with Gasteiger partial charge in [-0.15, -0.1) is 0 Å². The molecular formula is C20H23N5O5. The summed E-state index contributed by atoms with van der Waals surface area (Å²) in [6.07, 6.45) is 2.20. The summed E-state index contributed by atoms with van der Waals surface area (Å²) in [5.74, 6) is -0.251. The summed E-state index contributed by atoms with van der Waals surface area (Å²) >= 11 is 0. The maximum absolute atomic E-state index is 13.0. The summed E-state index contributed by atoms with van der Waals surface area (Å²) in [4.78, 5) is 44.9. The number of aromatic nitrogens is 4. The Morgan fingerprint density at radius 2 is 2.13 bits per heavy atom. The lowest BCUT2D eigenvalue weighted by Gasteiger charge is -2.18. The molecule has 3 heterocycles. The van der Waals surface area contributed by atoms with Crippen molar-refractivity contribution in [3.05, 3.63) is 62.7 Å². The van der Waals surface area contributed by atoms with Crippen LogP contribution >= 0.6 is 0 Å². The number of aliphatic hydroxyl groups is 1. The van der Waals surface area contributed by atoms with Gasteiger partial charge in [0.05, 0.1) is 36.1 Å². The van der Waals surface area contributed by atoms with Gasteiger partial charge in [0, 0.05) is 44.1 Å². The molecule has 1 fully saturated rings. The van der Waals surface area contributed by atoms with Gasteiger partial charge in [-0.2, -0.15) is 0 Å². The van der Waals surface area contributed by atoms with Crippen molar-refractivity contribution in [2.45, 2.75) is 25.6 Å². The van der Waals surface area contributed by atoms with Gasteiger partial charge in [0.15, 0.2) is 0 Å². The molecule has 1 aromatic carbocycles. The number of hydrogen-bond acceptors (Lipinski definition) is 6. The lowest BCUT2D eigenvalue weighted by Crippen LogP contribution is -2.37. The number of aliphatic hydroxyl groups excluding tert-OH is 1. The second kappa shape index (κ2) is 7.88. The number of carbonyl (C=O) groups excluding carboxylic acids is 1. The van der Waals surface area contributed by atoms with Crippen molar-refractivity contribution in [1.29, 1.82) is 0 Å². The van der Waals surface area contributed by atoms with Gasteiger partial charge in [0.25, 0.3) is 11.5 Å². The van der Waals surface area contributed by atoms with Crippen LogP contribution in [0.4, 0.5) is 0 Å². The molecule has 1 aliphatic rings. The molecule has 0 aliphatic carbocycles. The average Bonchev–Trinajstić information content (AvgIpc) is 3.31. The number of hydrogen-bond donors (Lipinski definition) is 2. The summed E-state index contributed by atoms with van der Waals surface area (Å²) in [6, 6.07) is 4.65. The molecule has 1 saturated heterocycles. The largest absolute Gasteiger partial charge is 0.389 e. The summed E-state index contributed by atoms with van der Waals surface area (Å²) < 4.78 is 8.33. The Kier molecular flexibility index (Phi) is 5.27. The Bertz CT molecular complexity index is 1210. The number of β-amino-alcohol motifs (C(OH)–C–C–N with tert-alkyl or cyclic N) is 1. The van der Waals surface area contributed by atoms with Crippen LogP contribution < -0.4 is 11.2 Å². The molecule has 1 amide bonds. The third-order valence-electron chi connectivity index (χ3n) is 5.45. The van der Waals surface area contributed by atoms with Crippen LogP contribution in [-0.2, 0) is 11.3 Å². The minimum atomic E-state index is -0.922. The maximum atomic E-state index is 13.0. The minimum Gasteiger partial charge on any atom is -0.389 e. The maximum Gasteiger partial charge on any atom is 0.328 e. The number of H-pyrrole nitrogens is 1. The number of nitrogens with one attached hydrogen (secondary N) is 1. The number of nitrogens with zero attached hydrogens (tertiary/aromatic N) is 4. The summed E-state index contributed by atoms with van der Waals surface area (Å²) in [6.45, 7) is 3.05. The lowest BCUT2D eigenvalue weighted by molar-refractivity contribution is 0.0765. The Morgan fingerprint density at radius 3 is 2.90 bits per heavy atom. The van der Waals surface area contributed by atoms with Crippen molar-refractivity contribution >= 4 is 16.9 Å². The molecule has 30 heavy (non-hydrogen) atoms. The number of aromatic amines is 1. The zero-order valence-electron chi connectivity index (χ0n) is 16.7. The minimum absolute atomic E-state index is 0.0917. The molecule has 2 N–H and O–H groups in total. The van der Waals surface area contributed by atoms with E-state index in [2.05, 4.69) is 9.97 Å². The van der Waals surface area contributed by atoms with Crippen molar-refractivity contribution < 1.29 is 14.6 Å². The van der Waals surface area contributed by atoms with Crippen molar-refractivity contribution in [2.24, 2.45) is 0 Å². The van der Waals surface area contributed by atoms with E-state index in [0.29, 0.717) is 29.8 Å². The number of likely N-dealkylation sites (tertiary alicyclic amines) is 1. The molecule has 3 aromatic rings. The fraction of sp³-hybridized carbons (Fsp3) is 0.400. The molecule has 2 aromatic heterocycles. The van der Waals surface area contributed by atoms with Crippen LogP contribution in [0.1, 0.15) is 22.0 Å². The SMILES string of the molecule is COCCn1cnc2cc(C(=O)N3C[C@@H](O)[C@H](n4cc(C)c(=O)[nH]c4=O)C3)ccc21. The highest BCUT2D eigenvalue weighted by Crippen LogP contribution is 2.24. The topological polar surface area (TPSA) is 122 Å². The highest BCUT2D eigenvalue weighted by molar-refractivity contribution is 5.97. The first-order chi connectivity index (χ1) is 14.4. The second-order valence-electron chi connectivity index (χ2n) is 7.46.